The Balaban J connectivity index is 1.43. The number of hydrogen-bond acceptors (Lipinski definition) is 5. The average molecular weight is 414 g/mol. The van der Waals surface area contributed by atoms with Gasteiger partial charge in [-0.2, -0.15) is 0 Å². The standard InChI is InChI=1S/C22H27N3O3S/c1-3-28-21(26)9-6-17-4-7-19(8-5-17)24-22(27)23-14-16(2)25-12-10-20-18(15-25)11-13-29-20/h4-9,11,13,16H,3,10,12,14-15H2,1-2H3,(H2,23,24,27)/b9-6+/t16-/m1/s1. The fraction of sp³-hybridized carbons (Fsp3) is 0.364. The Hall–Kier alpha value is -2.64. The summed E-state index contributed by atoms with van der Waals surface area (Å²) >= 11 is 1.83. The number of amides is 2. The average Bonchev–Trinajstić information content (AvgIpc) is 3.19. The van der Waals surface area contributed by atoms with Crippen LogP contribution in [-0.2, 0) is 22.5 Å². The highest BCUT2D eigenvalue weighted by Crippen LogP contribution is 2.25. The first-order valence-electron chi connectivity index (χ1n) is 9.84. The van der Waals surface area contributed by atoms with Gasteiger partial charge in [0.1, 0.15) is 0 Å². The lowest BCUT2D eigenvalue weighted by atomic mass is 10.1. The van der Waals surface area contributed by atoms with Crippen molar-refractivity contribution in [2.75, 3.05) is 25.0 Å². The molecule has 2 aromatic rings. The maximum atomic E-state index is 12.2. The van der Waals surface area contributed by atoms with Crippen LogP contribution in [0.15, 0.2) is 41.8 Å². The second-order valence-corrected chi connectivity index (χ2v) is 7.98. The van der Waals surface area contributed by atoms with Gasteiger partial charge in [-0.3, -0.25) is 4.90 Å². The molecule has 2 N–H and O–H groups in total. The maximum absolute atomic E-state index is 12.2. The summed E-state index contributed by atoms with van der Waals surface area (Å²) in [5.41, 5.74) is 2.97. The third-order valence-electron chi connectivity index (χ3n) is 4.89. The molecule has 1 aromatic carbocycles. The highest BCUT2D eigenvalue weighted by molar-refractivity contribution is 7.10. The van der Waals surface area contributed by atoms with Gasteiger partial charge in [-0.15, -0.1) is 11.3 Å². The van der Waals surface area contributed by atoms with E-state index in [9.17, 15) is 9.59 Å². The number of thiophene rings is 1. The van der Waals surface area contributed by atoms with Crippen molar-refractivity contribution < 1.29 is 14.3 Å². The number of hydrogen-bond donors (Lipinski definition) is 2. The van der Waals surface area contributed by atoms with Crippen LogP contribution in [0.5, 0.6) is 0 Å². The Morgan fingerprint density at radius 1 is 1.28 bits per heavy atom. The van der Waals surface area contributed by atoms with E-state index in [4.69, 9.17) is 4.74 Å². The predicted octanol–water partition coefficient (Wildman–Crippen LogP) is 3.89. The Bertz CT molecular complexity index is 860. The highest BCUT2D eigenvalue weighted by atomic mass is 32.1. The first kappa shape index (κ1) is 21.1. The summed E-state index contributed by atoms with van der Waals surface area (Å²) in [6.45, 7) is 6.83. The molecule has 3 rings (SSSR count). The van der Waals surface area contributed by atoms with Gasteiger partial charge in [0.25, 0.3) is 0 Å². The number of fused-ring (bicyclic) bond motifs is 1. The van der Waals surface area contributed by atoms with Crippen LogP contribution in [0.3, 0.4) is 0 Å². The molecule has 0 bridgehead atoms. The van der Waals surface area contributed by atoms with Gasteiger partial charge in [-0.05, 0) is 61.1 Å². The van der Waals surface area contributed by atoms with Crippen LogP contribution in [0, 0.1) is 0 Å². The van der Waals surface area contributed by atoms with Crippen LogP contribution in [0.25, 0.3) is 6.08 Å². The largest absolute Gasteiger partial charge is 0.463 e. The molecule has 0 saturated carbocycles. The molecule has 1 aliphatic heterocycles. The predicted molar refractivity (Wildman–Crippen MR) is 117 cm³/mol. The molecule has 29 heavy (non-hydrogen) atoms. The van der Waals surface area contributed by atoms with Crippen molar-refractivity contribution in [1.82, 2.24) is 10.2 Å². The second kappa shape index (κ2) is 10.2. The van der Waals surface area contributed by atoms with Gasteiger partial charge in [0, 0.05) is 42.3 Å². The van der Waals surface area contributed by atoms with Crippen LogP contribution >= 0.6 is 11.3 Å². The van der Waals surface area contributed by atoms with E-state index >= 15 is 0 Å². The molecule has 0 fully saturated rings. The normalized spacial score (nSPS) is 15.0. The summed E-state index contributed by atoms with van der Waals surface area (Å²) in [6, 6.07) is 9.52. The molecule has 0 unspecified atom stereocenters. The summed E-state index contributed by atoms with van der Waals surface area (Å²) in [4.78, 5) is 27.4. The monoisotopic (exact) mass is 413 g/mol. The molecule has 6 nitrogen and oxygen atoms in total. The Kier molecular flexibility index (Phi) is 7.43. The lowest BCUT2D eigenvalue weighted by molar-refractivity contribution is -0.137. The maximum Gasteiger partial charge on any atom is 0.330 e. The zero-order valence-electron chi connectivity index (χ0n) is 16.8. The smallest absolute Gasteiger partial charge is 0.330 e. The molecular weight excluding hydrogens is 386 g/mol. The highest BCUT2D eigenvalue weighted by Gasteiger charge is 2.21. The second-order valence-electron chi connectivity index (χ2n) is 6.98. The molecule has 1 aromatic heterocycles. The minimum Gasteiger partial charge on any atom is -0.463 e. The Labute approximate surface area is 175 Å². The number of rotatable bonds is 7. The third kappa shape index (κ3) is 6.17. The van der Waals surface area contributed by atoms with Crippen LogP contribution in [0.2, 0.25) is 0 Å². The van der Waals surface area contributed by atoms with Gasteiger partial charge in [0.2, 0.25) is 0 Å². The number of nitrogens with one attached hydrogen (secondary N) is 2. The molecule has 0 saturated heterocycles. The summed E-state index contributed by atoms with van der Waals surface area (Å²) in [7, 11) is 0. The molecule has 7 heteroatoms. The van der Waals surface area contributed by atoms with Gasteiger partial charge >= 0.3 is 12.0 Å². The molecule has 2 heterocycles. The number of nitrogens with zero attached hydrogens (tertiary/aromatic N) is 1. The zero-order chi connectivity index (χ0) is 20.6. The van der Waals surface area contributed by atoms with Crippen molar-refractivity contribution in [1.29, 1.82) is 0 Å². The van der Waals surface area contributed by atoms with Crippen molar-refractivity contribution in [3.05, 3.63) is 57.8 Å². The van der Waals surface area contributed by atoms with E-state index in [1.807, 2.05) is 23.5 Å². The fourth-order valence-electron chi connectivity index (χ4n) is 3.22. The van der Waals surface area contributed by atoms with Gasteiger partial charge in [-0.1, -0.05) is 12.1 Å². The summed E-state index contributed by atoms with van der Waals surface area (Å²) in [6.07, 6.45) is 4.15. The van der Waals surface area contributed by atoms with Gasteiger partial charge in [-0.25, -0.2) is 9.59 Å². The van der Waals surface area contributed by atoms with Gasteiger partial charge < -0.3 is 15.4 Å². The number of carbonyl (C=O) groups is 2. The molecule has 0 spiro atoms. The molecule has 0 aliphatic carbocycles. The lowest BCUT2D eigenvalue weighted by Gasteiger charge is -2.32. The first-order chi connectivity index (χ1) is 14.0. The van der Waals surface area contributed by atoms with Crippen LogP contribution < -0.4 is 10.6 Å². The van der Waals surface area contributed by atoms with E-state index in [2.05, 4.69) is 33.9 Å². The fourth-order valence-corrected chi connectivity index (χ4v) is 4.11. The molecule has 0 radical (unpaired) electrons. The van der Waals surface area contributed by atoms with Crippen LogP contribution in [-0.4, -0.2) is 42.6 Å². The van der Waals surface area contributed by atoms with Crippen molar-refractivity contribution in [3.63, 3.8) is 0 Å². The number of ether oxygens (including phenoxy) is 1. The van der Waals surface area contributed by atoms with Crippen molar-refractivity contribution in [3.8, 4) is 0 Å². The molecule has 1 atom stereocenters. The summed E-state index contributed by atoms with van der Waals surface area (Å²) in [5, 5.41) is 7.95. The SMILES string of the molecule is CCOC(=O)/C=C/c1ccc(NC(=O)NC[C@@H](C)N2CCc3sccc3C2)cc1. The quantitative estimate of drug-likeness (QED) is 0.534. The van der Waals surface area contributed by atoms with Crippen LogP contribution in [0.1, 0.15) is 29.9 Å². The topological polar surface area (TPSA) is 70.7 Å². The van der Waals surface area contributed by atoms with E-state index in [1.165, 1.54) is 16.5 Å². The van der Waals surface area contributed by atoms with E-state index in [0.717, 1.165) is 25.1 Å². The number of urea groups is 1. The van der Waals surface area contributed by atoms with Crippen molar-refractivity contribution >= 4 is 35.1 Å². The van der Waals surface area contributed by atoms with Crippen molar-refractivity contribution in [2.45, 2.75) is 32.9 Å². The molecular formula is C22H27N3O3S. The number of esters is 1. The Morgan fingerprint density at radius 2 is 2.07 bits per heavy atom. The Morgan fingerprint density at radius 3 is 2.83 bits per heavy atom. The van der Waals surface area contributed by atoms with E-state index in [0.29, 0.717) is 18.8 Å². The molecule has 154 valence electrons. The first-order valence-corrected chi connectivity index (χ1v) is 10.7. The minimum absolute atomic E-state index is 0.222. The van der Waals surface area contributed by atoms with E-state index in [-0.39, 0.29) is 18.0 Å². The molecule has 2 amide bonds. The van der Waals surface area contributed by atoms with E-state index in [1.54, 1.807) is 25.1 Å². The van der Waals surface area contributed by atoms with E-state index < -0.39 is 0 Å². The van der Waals surface area contributed by atoms with Gasteiger partial charge in [0.15, 0.2) is 0 Å². The molecule has 1 aliphatic rings. The third-order valence-corrected chi connectivity index (χ3v) is 5.91. The number of carbonyl (C=O) groups excluding carboxylic acids is 2. The summed E-state index contributed by atoms with van der Waals surface area (Å²) < 4.78 is 4.85. The zero-order valence-corrected chi connectivity index (χ0v) is 17.6. The number of benzene rings is 1. The minimum atomic E-state index is -0.368. The summed E-state index contributed by atoms with van der Waals surface area (Å²) in [5.74, 6) is -0.368. The lowest BCUT2D eigenvalue weighted by Crippen LogP contribution is -2.45. The number of anilines is 1. The van der Waals surface area contributed by atoms with Crippen LogP contribution in [0.4, 0.5) is 10.5 Å². The van der Waals surface area contributed by atoms with Gasteiger partial charge in [0.05, 0.1) is 6.61 Å². The van der Waals surface area contributed by atoms with Crippen molar-refractivity contribution in [2.24, 2.45) is 0 Å².